The van der Waals surface area contributed by atoms with E-state index in [1.165, 1.54) is 12.7 Å². The fourth-order valence-electron chi connectivity index (χ4n) is 1.10. The van der Waals surface area contributed by atoms with Crippen LogP contribution in [0.2, 0.25) is 0 Å². The van der Waals surface area contributed by atoms with Gasteiger partial charge in [0.25, 0.3) is 0 Å². The Labute approximate surface area is 86.6 Å². The molecule has 0 fully saturated rings. The van der Waals surface area contributed by atoms with Gasteiger partial charge >= 0.3 is 5.97 Å². The number of unbranched alkanes of at least 4 members (excludes halogenated alkanes) is 1. The summed E-state index contributed by atoms with van der Waals surface area (Å²) in [5.41, 5.74) is 2.43. The molecule has 0 bridgehead atoms. The van der Waals surface area contributed by atoms with Crippen molar-refractivity contribution in [3.05, 3.63) is 23.3 Å². The average molecular weight is 196 g/mol. The molecular formula is C12H20O2. The molecule has 0 rings (SSSR count). The molecule has 0 aliphatic rings. The first kappa shape index (κ1) is 12.9. The van der Waals surface area contributed by atoms with Crippen LogP contribution in [-0.2, 0) is 9.53 Å². The molecule has 0 saturated carbocycles. The van der Waals surface area contributed by atoms with Gasteiger partial charge in [0.1, 0.15) is 0 Å². The third kappa shape index (κ3) is 7.59. The number of hydrogen-bond acceptors (Lipinski definition) is 2. The fourth-order valence-corrected chi connectivity index (χ4v) is 1.10. The van der Waals surface area contributed by atoms with Crippen LogP contribution in [0.1, 0.15) is 40.0 Å². The molecule has 0 N–H and O–H groups in total. The molecule has 0 aliphatic carbocycles. The number of rotatable bonds is 5. The number of allylic oxidation sites excluding steroid dienone is 3. The monoisotopic (exact) mass is 196 g/mol. The van der Waals surface area contributed by atoms with Crippen molar-refractivity contribution in [2.45, 2.75) is 40.0 Å². The summed E-state index contributed by atoms with van der Waals surface area (Å²) in [7, 11) is 1.40. The van der Waals surface area contributed by atoms with Gasteiger partial charge in [-0.1, -0.05) is 17.2 Å². The van der Waals surface area contributed by atoms with Crippen LogP contribution in [0.25, 0.3) is 0 Å². The minimum Gasteiger partial charge on any atom is -0.466 e. The average Bonchev–Trinajstić information content (AvgIpc) is 2.12. The summed E-state index contributed by atoms with van der Waals surface area (Å²) < 4.78 is 4.54. The zero-order valence-corrected chi connectivity index (χ0v) is 9.59. The highest BCUT2D eigenvalue weighted by molar-refractivity contribution is 5.82. The normalized spacial score (nSPS) is 11.0. The molecule has 0 heterocycles. The molecule has 80 valence electrons. The van der Waals surface area contributed by atoms with Gasteiger partial charge in [0.15, 0.2) is 0 Å². The highest BCUT2D eigenvalue weighted by atomic mass is 16.5. The van der Waals surface area contributed by atoms with Crippen molar-refractivity contribution in [3.8, 4) is 0 Å². The molecule has 0 saturated heterocycles. The van der Waals surface area contributed by atoms with Crippen LogP contribution in [0.4, 0.5) is 0 Å². The molecule has 0 unspecified atom stereocenters. The standard InChI is InChI=1S/C12H20O2/c1-10(2)7-5-6-8-11(3)9-12(13)14-4/h7,9H,5-6,8H2,1-4H3/b11-9-. The minimum atomic E-state index is -0.260. The van der Waals surface area contributed by atoms with E-state index in [1.807, 2.05) is 6.92 Å². The van der Waals surface area contributed by atoms with Crippen LogP contribution in [0.3, 0.4) is 0 Å². The van der Waals surface area contributed by atoms with Crippen molar-refractivity contribution >= 4 is 5.97 Å². The fraction of sp³-hybridized carbons (Fsp3) is 0.583. The Bertz CT molecular complexity index is 233. The van der Waals surface area contributed by atoms with E-state index in [0.29, 0.717) is 0 Å². The quantitative estimate of drug-likeness (QED) is 0.292. The summed E-state index contributed by atoms with van der Waals surface area (Å²) in [6, 6.07) is 0. The summed E-state index contributed by atoms with van der Waals surface area (Å²) in [6.45, 7) is 6.15. The van der Waals surface area contributed by atoms with Crippen molar-refractivity contribution in [2.75, 3.05) is 7.11 Å². The summed E-state index contributed by atoms with van der Waals surface area (Å²) in [4.78, 5) is 10.9. The molecule has 2 nitrogen and oxygen atoms in total. The molecule has 14 heavy (non-hydrogen) atoms. The number of esters is 1. The maximum atomic E-state index is 10.9. The Morgan fingerprint density at radius 2 is 1.93 bits per heavy atom. The van der Waals surface area contributed by atoms with Gasteiger partial charge in [0.05, 0.1) is 7.11 Å². The molecule has 0 radical (unpaired) electrons. The van der Waals surface area contributed by atoms with Crippen molar-refractivity contribution in [2.24, 2.45) is 0 Å². The molecule has 0 amide bonds. The van der Waals surface area contributed by atoms with Crippen LogP contribution in [0.5, 0.6) is 0 Å². The molecule has 2 heteroatoms. The Balaban J connectivity index is 3.74. The predicted octanol–water partition coefficient (Wildman–Crippen LogP) is 3.24. The van der Waals surface area contributed by atoms with Crippen molar-refractivity contribution in [1.29, 1.82) is 0 Å². The lowest BCUT2D eigenvalue weighted by molar-refractivity contribution is -0.134. The maximum absolute atomic E-state index is 10.9. The predicted molar refractivity (Wildman–Crippen MR) is 59.1 cm³/mol. The molecule has 0 aromatic heterocycles. The number of hydrogen-bond donors (Lipinski definition) is 0. The number of carbonyl (C=O) groups is 1. The van der Waals surface area contributed by atoms with Crippen LogP contribution < -0.4 is 0 Å². The van der Waals surface area contributed by atoms with Crippen molar-refractivity contribution in [3.63, 3.8) is 0 Å². The first-order valence-corrected chi connectivity index (χ1v) is 4.94. The van der Waals surface area contributed by atoms with Gasteiger partial charge in [0, 0.05) is 6.08 Å². The van der Waals surface area contributed by atoms with Crippen molar-refractivity contribution in [1.82, 2.24) is 0 Å². The van der Waals surface area contributed by atoms with E-state index in [2.05, 4.69) is 24.7 Å². The Morgan fingerprint density at radius 1 is 1.29 bits per heavy atom. The second kappa shape index (κ2) is 7.36. The molecule has 0 atom stereocenters. The van der Waals surface area contributed by atoms with Crippen LogP contribution >= 0.6 is 0 Å². The Morgan fingerprint density at radius 3 is 2.43 bits per heavy atom. The van der Waals surface area contributed by atoms with E-state index < -0.39 is 0 Å². The van der Waals surface area contributed by atoms with Gasteiger partial charge in [-0.25, -0.2) is 4.79 Å². The van der Waals surface area contributed by atoms with Gasteiger partial charge in [0.2, 0.25) is 0 Å². The van der Waals surface area contributed by atoms with Crippen LogP contribution in [-0.4, -0.2) is 13.1 Å². The summed E-state index contributed by atoms with van der Waals surface area (Å²) >= 11 is 0. The number of ether oxygens (including phenoxy) is 1. The zero-order valence-electron chi connectivity index (χ0n) is 9.59. The van der Waals surface area contributed by atoms with Gasteiger partial charge in [-0.15, -0.1) is 0 Å². The van der Waals surface area contributed by atoms with E-state index >= 15 is 0 Å². The molecular weight excluding hydrogens is 176 g/mol. The number of methoxy groups -OCH3 is 1. The first-order chi connectivity index (χ1) is 6.56. The van der Waals surface area contributed by atoms with E-state index in [0.717, 1.165) is 24.8 Å². The van der Waals surface area contributed by atoms with E-state index in [9.17, 15) is 4.79 Å². The van der Waals surface area contributed by atoms with E-state index in [4.69, 9.17) is 0 Å². The van der Waals surface area contributed by atoms with Gasteiger partial charge in [-0.2, -0.15) is 0 Å². The lowest BCUT2D eigenvalue weighted by atomic mass is 10.1. The van der Waals surface area contributed by atoms with E-state index in [1.54, 1.807) is 6.08 Å². The van der Waals surface area contributed by atoms with Gasteiger partial charge in [-0.05, 0) is 40.0 Å². The van der Waals surface area contributed by atoms with Gasteiger partial charge < -0.3 is 4.74 Å². The summed E-state index contributed by atoms with van der Waals surface area (Å²) in [6.07, 6.45) is 6.89. The third-order valence-electron chi connectivity index (χ3n) is 1.89. The Kier molecular flexibility index (Phi) is 6.81. The van der Waals surface area contributed by atoms with Gasteiger partial charge in [-0.3, -0.25) is 0 Å². The smallest absolute Gasteiger partial charge is 0.330 e. The second-order valence-corrected chi connectivity index (χ2v) is 3.69. The Hall–Kier alpha value is -1.05. The number of carbonyl (C=O) groups excluding carboxylic acids is 1. The molecule has 0 aliphatic heterocycles. The second-order valence-electron chi connectivity index (χ2n) is 3.69. The lowest BCUT2D eigenvalue weighted by Crippen LogP contribution is -1.95. The van der Waals surface area contributed by atoms with Crippen LogP contribution in [0, 0.1) is 0 Å². The largest absolute Gasteiger partial charge is 0.466 e. The first-order valence-electron chi connectivity index (χ1n) is 4.94. The summed E-state index contributed by atoms with van der Waals surface area (Å²) in [5, 5.41) is 0. The topological polar surface area (TPSA) is 26.3 Å². The van der Waals surface area contributed by atoms with E-state index in [-0.39, 0.29) is 5.97 Å². The van der Waals surface area contributed by atoms with Crippen LogP contribution in [0.15, 0.2) is 23.3 Å². The third-order valence-corrected chi connectivity index (χ3v) is 1.89. The van der Waals surface area contributed by atoms with Crippen molar-refractivity contribution < 1.29 is 9.53 Å². The SMILES string of the molecule is COC(=O)/C=C(/C)CCCC=C(C)C. The molecule has 0 aromatic carbocycles. The lowest BCUT2D eigenvalue weighted by Gasteiger charge is -1.99. The highest BCUT2D eigenvalue weighted by Gasteiger charge is 1.95. The zero-order chi connectivity index (χ0) is 11.0. The maximum Gasteiger partial charge on any atom is 0.330 e. The molecule has 0 aromatic rings. The molecule has 0 spiro atoms. The highest BCUT2D eigenvalue weighted by Crippen LogP contribution is 2.08. The summed E-state index contributed by atoms with van der Waals surface area (Å²) in [5.74, 6) is -0.260. The minimum absolute atomic E-state index is 0.260.